The van der Waals surface area contributed by atoms with Crippen molar-refractivity contribution in [2.24, 2.45) is 5.84 Å². The maximum absolute atomic E-state index is 5.71. The second-order valence-electron chi connectivity index (χ2n) is 4.37. The van der Waals surface area contributed by atoms with E-state index in [2.05, 4.69) is 26.0 Å². The topological polar surface area (TPSA) is 92.5 Å². The van der Waals surface area contributed by atoms with Gasteiger partial charge in [0.15, 0.2) is 0 Å². The summed E-state index contributed by atoms with van der Waals surface area (Å²) in [6.45, 7) is 0. The number of benzene rings is 2. The van der Waals surface area contributed by atoms with Crippen LogP contribution in [0.25, 0.3) is 11.4 Å². The molecule has 3 aromatic rings. The monoisotopic (exact) mass is 266 g/mol. The molecule has 2 aromatic carbocycles. The summed E-state index contributed by atoms with van der Waals surface area (Å²) >= 11 is 0. The lowest BCUT2D eigenvalue weighted by Gasteiger charge is -2.17. The van der Waals surface area contributed by atoms with Gasteiger partial charge in [0, 0.05) is 5.56 Å². The van der Waals surface area contributed by atoms with E-state index in [-0.39, 0.29) is 6.04 Å². The number of aromatic nitrogens is 4. The predicted molar refractivity (Wildman–Crippen MR) is 75.2 cm³/mol. The molecule has 3 rings (SSSR count). The predicted octanol–water partition coefficient (Wildman–Crippen LogP) is 1.42. The third-order valence-electron chi connectivity index (χ3n) is 3.12. The molecule has 1 aromatic heterocycles. The molecule has 6 nitrogen and oxygen atoms in total. The van der Waals surface area contributed by atoms with Crippen LogP contribution in [0.15, 0.2) is 54.6 Å². The standard InChI is InChI=1S/C14H14N6/c15-16-13(10-5-2-1-3-6-10)11-7-4-8-12(9-11)14-17-19-20-18-14/h1-9,13,16H,15H2,(H,17,18,19,20). The quantitative estimate of drug-likeness (QED) is 0.490. The van der Waals surface area contributed by atoms with Crippen molar-refractivity contribution < 1.29 is 0 Å². The Hall–Kier alpha value is -2.57. The normalized spacial score (nSPS) is 12.2. The van der Waals surface area contributed by atoms with Crippen LogP contribution in [0.1, 0.15) is 17.2 Å². The molecule has 1 atom stereocenters. The van der Waals surface area contributed by atoms with Gasteiger partial charge in [-0.2, -0.15) is 5.21 Å². The minimum absolute atomic E-state index is 0.0805. The summed E-state index contributed by atoms with van der Waals surface area (Å²) in [5, 5.41) is 14.0. The van der Waals surface area contributed by atoms with Crippen LogP contribution in [-0.2, 0) is 0 Å². The van der Waals surface area contributed by atoms with Crippen molar-refractivity contribution in [2.45, 2.75) is 6.04 Å². The first-order valence-corrected chi connectivity index (χ1v) is 6.23. The van der Waals surface area contributed by atoms with Crippen LogP contribution in [0.3, 0.4) is 0 Å². The maximum atomic E-state index is 5.71. The third-order valence-corrected chi connectivity index (χ3v) is 3.12. The molecule has 20 heavy (non-hydrogen) atoms. The minimum Gasteiger partial charge on any atom is -0.271 e. The molecule has 0 saturated heterocycles. The summed E-state index contributed by atoms with van der Waals surface area (Å²) in [5.74, 6) is 6.27. The first kappa shape index (κ1) is 12.5. The molecule has 0 radical (unpaired) electrons. The van der Waals surface area contributed by atoms with Crippen molar-refractivity contribution in [3.63, 3.8) is 0 Å². The van der Waals surface area contributed by atoms with Crippen molar-refractivity contribution in [1.29, 1.82) is 0 Å². The highest BCUT2D eigenvalue weighted by atomic mass is 15.5. The number of nitrogens with zero attached hydrogens (tertiary/aromatic N) is 3. The largest absolute Gasteiger partial charge is 0.271 e. The molecule has 0 aliphatic carbocycles. The van der Waals surface area contributed by atoms with Gasteiger partial charge >= 0.3 is 0 Å². The van der Waals surface area contributed by atoms with Gasteiger partial charge in [-0.05, 0) is 22.4 Å². The Labute approximate surface area is 116 Å². The van der Waals surface area contributed by atoms with Crippen LogP contribution in [-0.4, -0.2) is 20.6 Å². The second kappa shape index (κ2) is 5.60. The lowest BCUT2D eigenvalue weighted by Crippen LogP contribution is -2.28. The molecule has 4 N–H and O–H groups in total. The van der Waals surface area contributed by atoms with Gasteiger partial charge in [0.1, 0.15) is 0 Å². The van der Waals surface area contributed by atoms with Gasteiger partial charge in [0.05, 0.1) is 6.04 Å². The number of nitrogens with two attached hydrogens (primary N) is 1. The van der Waals surface area contributed by atoms with E-state index >= 15 is 0 Å². The van der Waals surface area contributed by atoms with Crippen LogP contribution >= 0.6 is 0 Å². The first-order valence-electron chi connectivity index (χ1n) is 6.23. The number of hydrazine groups is 1. The van der Waals surface area contributed by atoms with E-state index in [1.807, 2.05) is 54.6 Å². The Kier molecular flexibility index (Phi) is 3.49. The first-order chi connectivity index (χ1) is 9.88. The lowest BCUT2D eigenvalue weighted by molar-refractivity contribution is 0.637. The van der Waals surface area contributed by atoms with E-state index in [1.165, 1.54) is 0 Å². The van der Waals surface area contributed by atoms with Gasteiger partial charge in [-0.1, -0.05) is 48.5 Å². The zero-order chi connectivity index (χ0) is 13.8. The highest BCUT2D eigenvalue weighted by molar-refractivity contribution is 5.56. The minimum atomic E-state index is -0.0805. The number of H-pyrrole nitrogens is 1. The molecule has 1 heterocycles. The number of aromatic amines is 1. The van der Waals surface area contributed by atoms with Crippen LogP contribution in [0.2, 0.25) is 0 Å². The van der Waals surface area contributed by atoms with Gasteiger partial charge in [-0.25, -0.2) is 5.43 Å². The molecule has 0 aliphatic heterocycles. The lowest BCUT2D eigenvalue weighted by atomic mass is 9.97. The van der Waals surface area contributed by atoms with Crippen molar-refractivity contribution in [1.82, 2.24) is 26.0 Å². The summed E-state index contributed by atoms with van der Waals surface area (Å²) < 4.78 is 0. The van der Waals surface area contributed by atoms with Gasteiger partial charge in [-0.3, -0.25) is 5.84 Å². The summed E-state index contributed by atoms with van der Waals surface area (Å²) in [6, 6.07) is 17.9. The smallest absolute Gasteiger partial charge is 0.204 e. The fraction of sp³-hybridized carbons (Fsp3) is 0.0714. The average Bonchev–Trinajstić information content (AvgIpc) is 3.04. The Bertz CT molecular complexity index is 665. The van der Waals surface area contributed by atoms with E-state index in [0.717, 1.165) is 16.7 Å². The third kappa shape index (κ3) is 2.42. The fourth-order valence-electron chi connectivity index (χ4n) is 2.17. The Morgan fingerprint density at radius 1 is 1.00 bits per heavy atom. The van der Waals surface area contributed by atoms with Gasteiger partial charge in [0.2, 0.25) is 5.82 Å². The van der Waals surface area contributed by atoms with Crippen LogP contribution in [0.5, 0.6) is 0 Å². The molecule has 0 bridgehead atoms. The molecule has 0 spiro atoms. The Morgan fingerprint density at radius 2 is 1.80 bits per heavy atom. The maximum Gasteiger partial charge on any atom is 0.204 e. The number of nitrogens with one attached hydrogen (secondary N) is 2. The summed E-state index contributed by atoms with van der Waals surface area (Å²) in [4.78, 5) is 0. The van der Waals surface area contributed by atoms with Crippen LogP contribution in [0.4, 0.5) is 0 Å². The van der Waals surface area contributed by atoms with Crippen molar-refractivity contribution in [3.05, 3.63) is 65.7 Å². The van der Waals surface area contributed by atoms with Gasteiger partial charge in [-0.15, -0.1) is 10.2 Å². The van der Waals surface area contributed by atoms with Gasteiger partial charge in [0.25, 0.3) is 0 Å². The molecular formula is C14H14N6. The number of hydrogen-bond acceptors (Lipinski definition) is 5. The zero-order valence-corrected chi connectivity index (χ0v) is 10.7. The molecule has 0 fully saturated rings. The molecule has 0 saturated carbocycles. The number of tetrazole rings is 1. The van der Waals surface area contributed by atoms with E-state index in [4.69, 9.17) is 5.84 Å². The van der Waals surface area contributed by atoms with Crippen molar-refractivity contribution in [2.75, 3.05) is 0 Å². The highest BCUT2D eigenvalue weighted by Gasteiger charge is 2.13. The Morgan fingerprint density at radius 3 is 2.50 bits per heavy atom. The zero-order valence-electron chi connectivity index (χ0n) is 10.7. The summed E-state index contributed by atoms with van der Waals surface area (Å²) in [5.41, 5.74) is 5.88. The van der Waals surface area contributed by atoms with Crippen molar-refractivity contribution >= 4 is 0 Å². The van der Waals surface area contributed by atoms with Crippen LogP contribution < -0.4 is 11.3 Å². The van der Waals surface area contributed by atoms with E-state index in [0.29, 0.717) is 5.82 Å². The summed E-state index contributed by atoms with van der Waals surface area (Å²) in [6.07, 6.45) is 0. The molecule has 0 aliphatic rings. The highest BCUT2D eigenvalue weighted by Crippen LogP contribution is 2.24. The molecule has 1 unspecified atom stereocenters. The second-order valence-corrected chi connectivity index (χ2v) is 4.37. The summed E-state index contributed by atoms with van der Waals surface area (Å²) in [7, 11) is 0. The number of hydrogen-bond donors (Lipinski definition) is 3. The molecular weight excluding hydrogens is 252 g/mol. The van der Waals surface area contributed by atoms with Crippen molar-refractivity contribution in [3.8, 4) is 11.4 Å². The average molecular weight is 266 g/mol. The molecule has 6 heteroatoms. The van der Waals surface area contributed by atoms with Gasteiger partial charge < -0.3 is 0 Å². The molecule has 100 valence electrons. The Balaban J connectivity index is 1.99. The fourth-order valence-corrected chi connectivity index (χ4v) is 2.17. The van der Waals surface area contributed by atoms with E-state index < -0.39 is 0 Å². The SMILES string of the molecule is NNC(c1ccccc1)c1cccc(-c2nn[nH]n2)c1. The van der Waals surface area contributed by atoms with E-state index in [1.54, 1.807) is 0 Å². The van der Waals surface area contributed by atoms with E-state index in [9.17, 15) is 0 Å². The number of rotatable bonds is 4. The molecule has 0 amide bonds. The van der Waals surface area contributed by atoms with Crippen LogP contribution in [0, 0.1) is 0 Å².